The van der Waals surface area contributed by atoms with Gasteiger partial charge in [0, 0.05) is 0 Å². The Morgan fingerprint density at radius 3 is 2.58 bits per heavy atom. The molecule has 0 radical (unpaired) electrons. The summed E-state index contributed by atoms with van der Waals surface area (Å²) in [7, 11) is 0. The molecule has 2 atom stereocenters. The Balaban J connectivity index is 1.98. The van der Waals surface area contributed by atoms with Crippen LogP contribution in [-0.4, -0.2) is 0 Å². The fraction of sp³-hybridized carbons (Fsp3) is 0.833. The van der Waals surface area contributed by atoms with Gasteiger partial charge in [0.2, 0.25) is 0 Å². The van der Waals surface area contributed by atoms with Crippen LogP contribution in [0, 0.1) is 17.8 Å². The van der Waals surface area contributed by atoms with Crippen molar-refractivity contribution < 1.29 is 0 Å². The molecule has 0 aromatic heterocycles. The summed E-state index contributed by atoms with van der Waals surface area (Å²) in [6.07, 6.45) is 9.78. The second-order valence-corrected chi connectivity index (χ2v) is 4.62. The highest BCUT2D eigenvalue weighted by Crippen LogP contribution is 2.43. The van der Waals surface area contributed by atoms with Crippen molar-refractivity contribution in [1.29, 1.82) is 0 Å². The molecule has 0 bridgehead atoms. The molecule has 0 nitrogen and oxygen atoms in total. The van der Waals surface area contributed by atoms with Crippen molar-refractivity contribution in [3.05, 3.63) is 11.6 Å². The lowest BCUT2D eigenvalue weighted by Gasteiger charge is -2.27. The van der Waals surface area contributed by atoms with Crippen LogP contribution in [0.4, 0.5) is 0 Å². The number of hydrogen-bond donors (Lipinski definition) is 0. The standard InChI is InChI=1S/C12H20/c1-3-10-8-12(7-9(10)2)11-5-4-6-11/h8-11H,3-7H2,1-2H3. The van der Waals surface area contributed by atoms with E-state index in [-0.39, 0.29) is 0 Å². The monoisotopic (exact) mass is 164 g/mol. The highest BCUT2D eigenvalue weighted by molar-refractivity contribution is 5.17. The van der Waals surface area contributed by atoms with E-state index >= 15 is 0 Å². The van der Waals surface area contributed by atoms with Crippen LogP contribution < -0.4 is 0 Å². The average Bonchev–Trinajstić information content (AvgIpc) is 2.27. The molecule has 2 aliphatic rings. The van der Waals surface area contributed by atoms with Crippen molar-refractivity contribution in [2.24, 2.45) is 17.8 Å². The smallest absolute Gasteiger partial charge is 0.0203 e. The van der Waals surface area contributed by atoms with Crippen LogP contribution in [0.3, 0.4) is 0 Å². The largest absolute Gasteiger partial charge is 0.0817 e. The van der Waals surface area contributed by atoms with E-state index in [2.05, 4.69) is 19.9 Å². The molecular formula is C12H20. The van der Waals surface area contributed by atoms with E-state index in [1.54, 1.807) is 5.57 Å². The summed E-state index contributed by atoms with van der Waals surface area (Å²) >= 11 is 0. The van der Waals surface area contributed by atoms with Crippen molar-refractivity contribution >= 4 is 0 Å². The minimum atomic E-state index is 0.903. The van der Waals surface area contributed by atoms with Gasteiger partial charge in [0.1, 0.15) is 0 Å². The molecule has 0 aromatic rings. The normalized spacial score (nSPS) is 36.3. The lowest BCUT2D eigenvalue weighted by atomic mass is 9.79. The first kappa shape index (κ1) is 8.34. The Morgan fingerprint density at radius 1 is 1.42 bits per heavy atom. The van der Waals surface area contributed by atoms with Crippen molar-refractivity contribution in [1.82, 2.24) is 0 Å². The zero-order chi connectivity index (χ0) is 8.55. The summed E-state index contributed by atoms with van der Waals surface area (Å²) in [6, 6.07) is 0. The summed E-state index contributed by atoms with van der Waals surface area (Å²) in [4.78, 5) is 0. The van der Waals surface area contributed by atoms with E-state index in [0.29, 0.717) is 0 Å². The van der Waals surface area contributed by atoms with Crippen LogP contribution >= 0.6 is 0 Å². The number of allylic oxidation sites excluding steroid dienone is 2. The van der Waals surface area contributed by atoms with E-state index in [0.717, 1.165) is 17.8 Å². The summed E-state index contributed by atoms with van der Waals surface area (Å²) in [6.45, 7) is 4.73. The van der Waals surface area contributed by atoms with Crippen LogP contribution in [0.2, 0.25) is 0 Å². The lowest BCUT2D eigenvalue weighted by molar-refractivity contribution is 0.352. The van der Waals surface area contributed by atoms with Crippen molar-refractivity contribution in [3.63, 3.8) is 0 Å². The van der Waals surface area contributed by atoms with Crippen LogP contribution in [0.25, 0.3) is 0 Å². The molecule has 0 N–H and O–H groups in total. The second-order valence-electron chi connectivity index (χ2n) is 4.62. The first-order chi connectivity index (χ1) is 5.81. The van der Waals surface area contributed by atoms with Gasteiger partial charge in [-0.25, -0.2) is 0 Å². The Kier molecular flexibility index (Phi) is 2.25. The average molecular weight is 164 g/mol. The fourth-order valence-electron chi connectivity index (χ4n) is 2.63. The van der Waals surface area contributed by atoms with Gasteiger partial charge in [-0.3, -0.25) is 0 Å². The van der Waals surface area contributed by atoms with E-state index in [1.807, 2.05) is 0 Å². The van der Waals surface area contributed by atoms with Gasteiger partial charge in [0.25, 0.3) is 0 Å². The fourth-order valence-corrected chi connectivity index (χ4v) is 2.63. The van der Waals surface area contributed by atoms with Crippen LogP contribution in [-0.2, 0) is 0 Å². The first-order valence-electron chi connectivity index (χ1n) is 5.52. The predicted molar refractivity (Wildman–Crippen MR) is 53.0 cm³/mol. The molecule has 0 spiro atoms. The topological polar surface area (TPSA) is 0 Å². The molecule has 0 aliphatic heterocycles. The van der Waals surface area contributed by atoms with E-state index in [4.69, 9.17) is 0 Å². The highest BCUT2D eigenvalue weighted by Gasteiger charge is 2.29. The Hall–Kier alpha value is -0.260. The predicted octanol–water partition coefficient (Wildman–Crippen LogP) is 3.78. The maximum atomic E-state index is 2.59. The molecule has 1 saturated carbocycles. The minimum Gasteiger partial charge on any atom is -0.0817 e. The van der Waals surface area contributed by atoms with Gasteiger partial charge in [-0.15, -0.1) is 0 Å². The molecule has 0 heterocycles. The summed E-state index contributed by atoms with van der Waals surface area (Å²) in [5.74, 6) is 2.84. The molecule has 68 valence electrons. The summed E-state index contributed by atoms with van der Waals surface area (Å²) in [5, 5.41) is 0. The lowest BCUT2D eigenvalue weighted by Crippen LogP contribution is -2.12. The molecule has 12 heavy (non-hydrogen) atoms. The molecule has 0 aromatic carbocycles. The maximum Gasteiger partial charge on any atom is -0.0203 e. The molecule has 0 heteroatoms. The van der Waals surface area contributed by atoms with Crippen LogP contribution in [0.15, 0.2) is 11.6 Å². The van der Waals surface area contributed by atoms with Gasteiger partial charge in [-0.1, -0.05) is 31.9 Å². The van der Waals surface area contributed by atoms with Gasteiger partial charge in [-0.2, -0.15) is 0 Å². The molecular weight excluding hydrogens is 144 g/mol. The van der Waals surface area contributed by atoms with Crippen LogP contribution in [0.5, 0.6) is 0 Å². The van der Waals surface area contributed by atoms with E-state index in [9.17, 15) is 0 Å². The number of hydrogen-bond acceptors (Lipinski definition) is 0. The molecule has 2 rings (SSSR count). The van der Waals surface area contributed by atoms with E-state index in [1.165, 1.54) is 32.1 Å². The quantitative estimate of drug-likeness (QED) is 0.545. The Morgan fingerprint density at radius 2 is 2.17 bits per heavy atom. The van der Waals surface area contributed by atoms with Gasteiger partial charge < -0.3 is 0 Å². The SMILES string of the molecule is CCC1C=C(C2CCC2)CC1C. The van der Waals surface area contributed by atoms with Gasteiger partial charge in [-0.05, 0) is 43.4 Å². The third kappa shape index (κ3) is 1.32. The number of rotatable bonds is 2. The highest BCUT2D eigenvalue weighted by atomic mass is 14.3. The van der Waals surface area contributed by atoms with Gasteiger partial charge in [0.05, 0.1) is 0 Å². The van der Waals surface area contributed by atoms with Crippen LogP contribution in [0.1, 0.15) is 46.0 Å². The van der Waals surface area contributed by atoms with E-state index < -0.39 is 0 Å². The maximum absolute atomic E-state index is 2.59. The van der Waals surface area contributed by atoms with Gasteiger partial charge >= 0.3 is 0 Å². The van der Waals surface area contributed by atoms with Crippen molar-refractivity contribution in [2.45, 2.75) is 46.0 Å². The van der Waals surface area contributed by atoms with Crippen molar-refractivity contribution in [3.8, 4) is 0 Å². The molecule has 0 amide bonds. The zero-order valence-electron chi connectivity index (χ0n) is 8.34. The zero-order valence-corrected chi connectivity index (χ0v) is 8.34. The first-order valence-corrected chi connectivity index (χ1v) is 5.52. The summed E-state index contributed by atoms with van der Waals surface area (Å²) < 4.78 is 0. The van der Waals surface area contributed by atoms with Gasteiger partial charge in [0.15, 0.2) is 0 Å². The summed E-state index contributed by atoms with van der Waals surface area (Å²) in [5.41, 5.74) is 1.81. The molecule has 2 unspecified atom stereocenters. The Bertz CT molecular complexity index is 186. The third-order valence-electron chi connectivity index (χ3n) is 3.82. The second kappa shape index (κ2) is 3.24. The van der Waals surface area contributed by atoms with Crippen molar-refractivity contribution in [2.75, 3.05) is 0 Å². The molecule has 1 fully saturated rings. The molecule has 2 aliphatic carbocycles. The third-order valence-corrected chi connectivity index (χ3v) is 3.82. The Labute approximate surface area is 76.1 Å². The molecule has 0 saturated heterocycles. The minimum absolute atomic E-state index is 0.903.